The van der Waals surface area contributed by atoms with Gasteiger partial charge in [0.1, 0.15) is 5.75 Å². The Hall–Kier alpha value is -2.75. The lowest BCUT2D eigenvalue weighted by Gasteiger charge is -2.13. The molecule has 1 heterocycles. The summed E-state index contributed by atoms with van der Waals surface area (Å²) >= 11 is 0. The lowest BCUT2D eigenvalue weighted by atomic mass is 10.0. The molecule has 1 atom stereocenters. The Morgan fingerprint density at radius 1 is 1.19 bits per heavy atom. The summed E-state index contributed by atoms with van der Waals surface area (Å²) in [7, 11) is 1.67. The number of rotatable bonds is 7. The molecule has 2 N–H and O–H groups in total. The molecule has 0 aliphatic heterocycles. The third-order valence-corrected chi connectivity index (χ3v) is 5.51. The number of benzene rings is 2. The summed E-state index contributed by atoms with van der Waals surface area (Å²) in [6.45, 7) is 2.12. The first-order valence-electron chi connectivity index (χ1n) is 9.69. The predicted molar refractivity (Wildman–Crippen MR) is 109 cm³/mol. The van der Waals surface area contributed by atoms with E-state index in [1.54, 1.807) is 7.11 Å². The highest BCUT2D eigenvalue weighted by Gasteiger charge is 2.28. The van der Waals surface area contributed by atoms with Gasteiger partial charge in [-0.15, -0.1) is 0 Å². The fourth-order valence-corrected chi connectivity index (χ4v) is 3.74. The van der Waals surface area contributed by atoms with Crippen LogP contribution in [0.1, 0.15) is 31.7 Å². The number of aromatic nitrogens is 1. The number of ether oxygens (including phenoxy) is 1. The third-order valence-electron chi connectivity index (χ3n) is 5.51. The molecule has 1 aliphatic carbocycles. The van der Waals surface area contributed by atoms with Gasteiger partial charge in [-0.05, 0) is 73.6 Å². The molecule has 1 amide bonds. The number of hydrogen-bond donors (Lipinski definition) is 2. The molecule has 2 aromatic carbocycles. The molecule has 4 heteroatoms. The summed E-state index contributed by atoms with van der Waals surface area (Å²) in [5.41, 5.74) is 4.49. The van der Waals surface area contributed by atoms with Crippen molar-refractivity contribution in [2.24, 2.45) is 5.92 Å². The first-order valence-corrected chi connectivity index (χ1v) is 9.69. The highest BCUT2D eigenvalue weighted by Crippen LogP contribution is 2.33. The molecule has 0 radical (unpaired) electrons. The summed E-state index contributed by atoms with van der Waals surface area (Å²) in [4.78, 5) is 15.9. The van der Waals surface area contributed by atoms with E-state index in [-0.39, 0.29) is 5.91 Å². The number of aryl methyl sites for hydroxylation is 1. The molecule has 140 valence electrons. The summed E-state index contributed by atoms with van der Waals surface area (Å²) in [6, 6.07) is 16.6. The van der Waals surface area contributed by atoms with Crippen molar-refractivity contribution < 1.29 is 9.53 Å². The number of aromatic amines is 1. The molecule has 4 nitrogen and oxygen atoms in total. The lowest BCUT2D eigenvalue weighted by Crippen LogP contribution is -2.34. The Morgan fingerprint density at radius 2 is 1.93 bits per heavy atom. The van der Waals surface area contributed by atoms with Crippen LogP contribution in [0.2, 0.25) is 0 Å². The maximum absolute atomic E-state index is 12.4. The minimum Gasteiger partial charge on any atom is -0.497 e. The zero-order chi connectivity index (χ0) is 18.8. The van der Waals surface area contributed by atoms with Gasteiger partial charge in [-0.3, -0.25) is 4.79 Å². The van der Waals surface area contributed by atoms with Crippen LogP contribution in [-0.2, 0) is 11.2 Å². The topological polar surface area (TPSA) is 54.1 Å². The Morgan fingerprint density at radius 3 is 2.63 bits per heavy atom. The fourth-order valence-electron chi connectivity index (χ4n) is 3.74. The van der Waals surface area contributed by atoms with E-state index in [0.29, 0.717) is 24.8 Å². The molecule has 1 aromatic heterocycles. The van der Waals surface area contributed by atoms with Crippen LogP contribution in [-0.4, -0.2) is 24.0 Å². The number of fused-ring (bicyclic) bond motifs is 1. The van der Waals surface area contributed by atoms with Crippen molar-refractivity contribution in [2.45, 2.75) is 38.6 Å². The first kappa shape index (κ1) is 17.7. The van der Waals surface area contributed by atoms with Crippen LogP contribution >= 0.6 is 0 Å². The summed E-state index contributed by atoms with van der Waals surface area (Å²) < 4.78 is 5.27. The van der Waals surface area contributed by atoms with Gasteiger partial charge in [-0.2, -0.15) is 0 Å². The van der Waals surface area contributed by atoms with Crippen LogP contribution in [0, 0.1) is 5.92 Å². The number of para-hydroxylation sites is 1. The number of methoxy groups -OCH3 is 1. The second-order valence-electron chi connectivity index (χ2n) is 7.45. The fraction of sp³-hybridized carbons (Fsp3) is 0.348. The molecule has 0 saturated heterocycles. The van der Waals surface area contributed by atoms with Gasteiger partial charge < -0.3 is 15.0 Å². The molecule has 3 aromatic rings. The molecule has 4 rings (SSSR count). The molecular formula is C23H26N2O2. The molecule has 1 fully saturated rings. The molecule has 0 unspecified atom stereocenters. The average molecular weight is 362 g/mol. The number of amides is 1. The van der Waals surface area contributed by atoms with E-state index < -0.39 is 0 Å². The summed E-state index contributed by atoms with van der Waals surface area (Å²) in [6.07, 6.45) is 3.70. The van der Waals surface area contributed by atoms with Gasteiger partial charge in [0.05, 0.1) is 7.11 Å². The molecule has 1 aliphatic rings. The van der Waals surface area contributed by atoms with E-state index in [1.165, 1.54) is 23.8 Å². The summed E-state index contributed by atoms with van der Waals surface area (Å²) in [5, 5.41) is 4.35. The largest absolute Gasteiger partial charge is 0.497 e. The first-order chi connectivity index (χ1) is 13.2. The number of carbonyl (C=O) groups excluding carboxylic acids is 1. The smallest absolute Gasteiger partial charge is 0.220 e. The van der Waals surface area contributed by atoms with Crippen molar-refractivity contribution in [1.82, 2.24) is 10.3 Å². The monoisotopic (exact) mass is 362 g/mol. The maximum Gasteiger partial charge on any atom is 0.220 e. The highest BCUT2D eigenvalue weighted by atomic mass is 16.5. The second kappa shape index (κ2) is 7.47. The van der Waals surface area contributed by atoms with Gasteiger partial charge in [0.25, 0.3) is 0 Å². The third kappa shape index (κ3) is 3.85. The van der Waals surface area contributed by atoms with Crippen LogP contribution < -0.4 is 10.1 Å². The Balaban J connectivity index is 1.58. The second-order valence-corrected chi connectivity index (χ2v) is 7.45. The van der Waals surface area contributed by atoms with Crippen molar-refractivity contribution in [2.75, 3.05) is 7.11 Å². The van der Waals surface area contributed by atoms with Crippen molar-refractivity contribution >= 4 is 16.8 Å². The van der Waals surface area contributed by atoms with E-state index >= 15 is 0 Å². The summed E-state index contributed by atoms with van der Waals surface area (Å²) in [5.74, 6) is 1.65. The van der Waals surface area contributed by atoms with Crippen LogP contribution in [0.4, 0.5) is 0 Å². The van der Waals surface area contributed by atoms with E-state index in [2.05, 4.69) is 41.5 Å². The normalized spacial score (nSPS) is 14.9. The highest BCUT2D eigenvalue weighted by molar-refractivity contribution is 5.91. The predicted octanol–water partition coefficient (Wildman–Crippen LogP) is 4.69. The number of hydrogen-bond acceptors (Lipinski definition) is 2. The van der Waals surface area contributed by atoms with Crippen LogP contribution in [0.15, 0.2) is 48.5 Å². The SMILES string of the molecule is COc1ccc(-c2[nH]c3ccccc3c2CCC(=O)N[C@@H](C)C2CC2)cc1. The van der Waals surface area contributed by atoms with E-state index in [9.17, 15) is 4.79 Å². The Labute approximate surface area is 159 Å². The van der Waals surface area contributed by atoms with Crippen molar-refractivity contribution in [1.29, 1.82) is 0 Å². The maximum atomic E-state index is 12.4. The Bertz CT molecular complexity index is 939. The van der Waals surface area contributed by atoms with Crippen molar-refractivity contribution in [3.05, 3.63) is 54.1 Å². The number of carbonyl (C=O) groups is 1. The molecule has 0 bridgehead atoms. The molecule has 27 heavy (non-hydrogen) atoms. The average Bonchev–Trinajstić information content (AvgIpc) is 3.48. The minimum atomic E-state index is 0.139. The van der Waals surface area contributed by atoms with Gasteiger partial charge in [0, 0.05) is 29.1 Å². The van der Waals surface area contributed by atoms with Gasteiger partial charge in [0.2, 0.25) is 5.91 Å². The van der Waals surface area contributed by atoms with E-state index in [0.717, 1.165) is 22.5 Å². The molecular weight excluding hydrogens is 336 g/mol. The quantitative estimate of drug-likeness (QED) is 0.640. The molecule has 0 spiro atoms. The van der Waals surface area contributed by atoms with Gasteiger partial charge >= 0.3 is 0 Å². The van der Waals surface area contributed by atoms with Gasteiger partial charge in [-0.25, -0.2) is 0 Å². The van der Waals surface area contributed by atoms with E-state index in [1.807, 2.05) is 24.3 Å². The zero-order valence-corrected chi connectivity index (χ0v) is 15.9. The van der Waals surface area contributed by atoms with Crippen molar-refractivity contribution in [3.63, 3.8) is 0 Å². The number of nitrogens with one attached hydrogen (secondary N) is 2. The zero-order valence-electron chi connectivity index (χ0n) is 15.9. The van der Waals surface area contributed by atoms with Gasteiger partial charge in [-0.1, -0.05) is 18.2 Å². The van der Waals surface area contributed by atoms with E-state index in [4.69, 9.17) is 4.74 Å². The van der Waals surface area contributed by atoms with Gasteiger partial charge in [0.15, 0.2) is 0 Å². The standard InChI is InChI=1S/C23H26N2O2/c1-15(16-7-8-16)24-22(26)14-13-20-19-5-3-4-6-21(19)25-23(20)17-9-11-18(27-2)12-10-17/h3-6,9-12,15-16,25H,7-8,13-14H2,1-2H3,(H,24,26)/t15-/m0/s1. The molecule has 1 saturated carbocycles. The van der Waals surface area contributed by atoms with Crippen LogP contribution in [0.5, 0.6) is 5.75 Å². The van der Waals surface area contributed by atoms with Crippen LogP contribution in [0.25, 0.3) is 22.2 Å². The Kier molecular flexibility index (Phi) is 4.88. The lowest BCUT2D eigenvalue weighted by molar-refractivity contribution is -0.121. The minimum absolute atomic E-state index is 0.139. The van der Waals surface area contributed by atoms with Crippen LogP contribution in [0.3, 0.4) is 0 Å². The number of H-pyrrole nitrogens is 1. The van der Waals surface area contributed by atoms with Crippen molar-refractivity contribution in [3.8, 4) is 17.0 Å².